The van der Waals surface area contributed by atoms with E-state index in [2.05, 4.69) is 28.2 Å². The molecule has 1 saturated heterocycles. The number of amides is 1. The summed E-state index contributed by atoms with van der Waals surface area (Å²) < 4.78 is 0. The summed E-state index contributed by atoms with van der Waals surface area (Å²) in [5.74, 6) is 1.26. The molecule has 2 aromatic carbocycles. The molecule has 0 saturated carbocycles. The fraction of sp³-hybridized carbons (Fsp3) is 0.350. The zero-order valence-electron chi connectivity index (χ0n) is 15.0. The number of likely N-dealkylation sites (N-methyl/N-ethyl adjacent to an activating group) is 1. The van der Waals surface area contributed by atoms with Gasteiger partial charge in [-0.25, -0.2) is 0 Å². The number of hydrogen-bond donors (Lipinski definition) is 1. The molecule has 1 N–H and O–H groups in total. The maximum Gasteiger partial charge on any atom is 0.234 e. The van der Waals surface area contributed by atoms with Gasteiger partial charge in [0.2, 0.25) is 5.91 Å². The van der Waals surface area contributed by atoms with Crippen LogP contribution in [0.15, 0.2) is 48.5 Å². The lowest BCUT2D eigenvalue weighted by molar-refractivity contribution is -0.113. The van der Waals surface area contributed by atoms with E-state index >= 15 is 0 Å². The second kappa shape index (κ2) is 9.31. The zero-order chi connectivity index (χ0) is 18.4. The van der Waals surface area contributed by atoms with Gasteiger partial charge in [-0.2, -0.15) is 0 Å². The lowest BCUT2D eigenvalue weighted by atomic mass is 10.2. The highest BCUT2D eigenvalue weighted by atomic mass is 35.5. The van der Waals surface area contributed by atoms with Crippen molar-refractivity contribution in [2.75, 3.05) is 49.2 Å². The number of benzene rings is 2. The van der Waals surface area contributed by atoms with E-state index < -0.39 is 0 Å². The SMILES string of the molecule is CN1CCN(c2ccccc2NC(=O)CSCc2ccc(Cl)cc2)CC1. The predicted molar refractivity (Wildman–Crippen MR) is 112 cm³/mol. The van der Waals surface area contributed by atoms with E-state index in [4.69, 9.17) is 11.6 Å². The third-order valence-corrected chi connectivity index (χ3v) is 5.69. The summed E-state index contributed by atoms with van der Waals surface area (Å²) in [4.78, 5) is 17.0. The van der Waals surface area contributed by atoms with Crippen molar-refractivity contribution in [1.82, 2.24) is 4.90 Å². The Bertz CT molecular complexity index is 730. The van der Waals surface area contributed by atoms with Crippen LogP contribution in [0.2, 0.25) is 5.02 Å². The van der Waals surface area contributed by atoms with Gasteiger partial charge in [-0.1, -0.05) is 35.9 Å². The summed E-state index contributed by atoms with van der Waals surface area (Å²) in [5.41, 5.74) is 3.18. The van der Waals surface area contributed by atoms with E-state index in [9.17, 15) is 4.79 Å². The van der Waals surface area contributed by atoms with Crippen LogP contribution in [-0.2, 0) is 10.5 Å². The summed E-state index contributed by atoms with van der Waals surface area (Å²) in [6.07, 6.45) is 0. The number of para-hydroxylation sites is 2. The first kappa shape index (κ1) is 19.1. The van der Waals surface area contributed by atoms with Crippen LogP contribution in [0.5, 0.6) is 0 Å². The summed E-state index contributed by atoms with van der Waals surface area (Å²) >= 11 is 7.50. The van der Waals surface area contributed by atoms with Gasteiger partial charge in [-0.05, 0) is 36.9 Å². The number of carbonyl (C=O) groups excluding carboxylic acids is 1. The number of anilines is 2. The number of nitrogens with one attached hydrogen (secondary N) is 1. The van der Waals surface area contributed by atoms with Gasteiger partial charge >= 0.3 is 0 Å². The van der Waals surface area contributed by atoms with Crippen molar-refractivity contribution in [1.29, 1.82) is 0 Å². The largest absolute Gasteiger partial charge is 0.367 e. The van der Waals surface area contributed by atoms with E-state index in [1.54, 1.807) is 11.8 Å². The van der Waals surface area contributed by atoms with Crippen molar-refractivity contribution in [3.63, 3.8) is 0 Å². The number of halogens is 1. The van der Waals surface area contributed by atoms with E-state index in [0.29, 0.717) is 5.75 Å². The fourth-order valence-corrected chi connectivity index (χ4v) is 3.84. The van der Waals surface area contributed by atoms with E-state index in [1.165, 1.54) is 5.56 Å². The molecule has 6 heteroatoms. The number of hydrogen-bond acceptors (Lipinski definition) is 4. The molecule has 1 aliphatic rings. The summed E-state index contributed by atoms with van der Waals surface area (Å²) in [6.45, 7) is 4.04. The predicted octanol–water partition coefficient (Wildman–Crippen LogP) is 3.96. The molecule has 138 valence electrons. The minimum atomic E-state index is 0.0329. The van der Waals surface area contributed by atoms with Gasteiger partial charge in [0.1, 0.15) is 0 Å². The van der Waals surface area contributed by atoms with E-state index in [-0.39, 0.29) is 5.91 Å². The third kappa shape index (κ3) is 5.40. The van der Waals surface area contributed by atoms with Crippen LogP contribution < -0.4 is 10.2 Å². The first-order valence-electron chi connectivity index (χ1n) is 8.76. The Balaban J connectivity index is 1.53. The molecule has 0 aliphatic carbocycles. The number of rotatable bonds is 6. The zero-order valence-corrected chi connectivity index (χ0v) is 16.5. The normalized spacial score (nSPS) is 15.1. The molecule has 0 atom stereocenters. The van der Waals surface area contributed by atoms with Gasteiger partial charge in [0.15, 0.2) is 0 Å². The number of carbonyl (C=O) groups is 1. The minimum absolute atomic E-state index is 0.0329. The molecule has 1 fully saturated rings. The Morgan fingerprint density at radius 3 is 2.50 bits per heavy atom. The molecule has 4 nitrogen and oxygen atoms in total. The second-order valence-corrected chi connectivity index (χ2v) is 7.90. The molecule has 0 aromatic heterocycles. The topological polar surface area (TPSA) is 35.6 Å². The van der Waals surface area contributed by atoms with Crippen LogP contribution >= 0.6 is 23.4 Å². The molecule has 0 spiro atoms. The quantitative estimate of drug-likeness (QED) is 0.811. The molecule has 26 heavy (non-hydrogen) atoms. The average Bonchev–Trinajstić information content (AvgIpc) is 2.65. The van der Waals surface area contributed by atoms with Gasteiger partial charge in [0, 0.05) is 37.0 Å². The Morgan fingerprint density at radius 2 is 1.77 bits per heavy atom. The summed E-state index contributed by atoms with van der Waals surface area (Å²) in [7, 11) is 2.14. The van der Waals surface area contributed by atoms with Gasteiger partial charge in [-0.3, -0.25) is 4.79 Å². The van der Waals surface area contributed by atoms with Crippen LogP contribution in [-0.4, -0.2) is 49.8 Å². The maximum atomic E-state index is 12.4. The molecule has 1 aliphatic heterocycles. The lowest BCUT2D eigenvalue weighted by Gasteiger charge is -2.35. The molecule has 3 rings (SSSR count). The molecule has 2 aromatic rings. The van der Waals surface area contributed by atoms with Crippen molar-refractivity contribution in [3.8, 4) is 0 Å². The monoisotopic (exact) mass is 389 g/mol. The van der Waals surface area contributed by atoms with Crippen LogP contribution in [0.1, 0.15) is 5.56 Å². The van der Waals surface area contributed by atoms with Gasteiger partial charge in [-0.15, -0.1) is 11.8 Å². The van der Waals surface area contributed by atoms with E-state index in [0.717, 1.165) is 48.3 Å². The van der Waals surface area contributed by atoms with Crippen LogP contribution in [0, 0.1) is 0 Å². The molecule has 0 unspecified atom stereocenters. The minimum Gasteiger partial charge on any atom is -0.367 e. The summed E-state index contributed by atoms with van der Waals surface area (Å²) in [6, 6.07) is 15.8. The van der Waals surface area contributed by atoms with Crippen molar-refractivity contribution in [2.24, 2.45) is 0 Å². The Labute approximate surface area is 164 Å². The van der Waals surface area contributed by atoms with Gasteiger partial charge in [0.25, 0.3) is 0 Å². The van der Waals surface area contributed by atoms with Crippen molar-refractivity contribution in [3.05, 3.63) is 59.1 Å². The highest BCUT2D eigenvalue weighted by Crippen LogP contribution is 2.27. The molecule has 0 bridgehead atoms. The van der Waals surface area contributed by atoms with Crippen LogP contribution in [0.4, 0.5) is 11.4 Å². The lowest BCUT2D eigenvalue weighted by Crippen LogP contribution is -2.44. The highest BCUT2D eigenvalue weighted by molar-refractivity contribution is 7.99. The number of thioether (sulfide) groups is 1. The van der Waals surface area contributed by atoms with Gasteiger partial charge in [0.05, 0.1) is 17.1 Å². The fourth-order valence-electron chi connectivity index (χ4n) is 2.93. The van der Waals surface area contributed by atoms with Crippen molar-refractivity contribution in [2.45, 2.75) is 5.75 Å². The Morgan fingerprint density at radius 1 is 1.08 bits per heavy atom. The van der Waals surface area contributed by atoms with Crippen molar-refractivity contribution < 1.29 is 4.79 Å². The summed E-state index contributed by atoms with van der Waals surface area (Å²) in [5, 5.41) is 3.81. The van der Waals surface area contributed by atoms with Crippen LogP contribution in [0.25, 0.3) is 0 Å². The molecule has 1 amide bonds. The Kier molecular flexibility index (Phi) is 6.83. The first-order chi connectivity index (χ1) is 12.6. The number of nitrogens with zero attached hydrogens (tertiary/aromatic N) is 2. The third-order valence-electron chi connectivity index (χ3n) is 4.44. The van der Waals surface area contributed by atoms with E-state index in [1.807, 2.05) is 42.5 Å². The standard InChI is InChI=1S/C20H24ClN3OS/c1-23-10-12-24(13-11-23)19-5-3-2-4-18(19)22-20(25)15-26-14-16-6-8-17(21)9-7-16/h2-9H,10-15H2,1H3,(H,22,25). The highest BCUT2D eigenvalue weighted by Gasteiger charge is 2.17. The van der Waals surface area contributed by atoms with Crippen molar-refractivity contribution >= 4 is 40.6 Å². The molecular formula is C20H24ClN3OS. The number of piperazine rings is 1. The van der Waals surface area contributed by atoms with Gasteiger partial charge < -0.3 is 15.1 Å². The van der Waals surface area contributed by atoms with Crippen LogP contribution in [0.3, 0.4) is 0 Å². The average molecular weight is 390 g/mol. The second-order valence-electron chi connectivity index (χ2n) is 6.47. The molecular weight excluding hydrogens is 366 g/mol. The first-order valence-corrected chi connectivity index (χ1v) is 10.3. The maximum absolute atomic E-state index is 12.4. The molecule has 1 heterocycles. The Hall–Kier alpha value is -1.69. The molecule has 0 radical (unpaired) electrons. The smallest absolute Gasteiger partial charge is 0.234 e.